The third kappa shape index (κ3) is 4.99. The fourth-order valence-corrected chi connectivity index (χ4v) is 10.1. The third-order valence-electron chi connectivity index (χ3n) is 12.7. The van der Waals surface area contributed by atoms with Crippen molar-refractivity contribution in [2.24, 2.45) is 0 Å². The molecule has 0 saturated heterocycles. The van der Waals surface area contributed by atoms with Crippen molar-refractivity contribution < 1.29 is 4.42 Å². The quantitative estimate of drug-likeness (QED) is 0.158. The van der Waals surface area contributed by atoms with Gasteiger partial charge >= 0.3 is 0 Å². The van der Waals surface area contributed by atoms with E-state index in [-0.39, 0.29) is 17.3 Å². The summed E-state index contributed by atoms with van der Waals surface area (Å²) in [5.41, 5.74) is 16.0. The predicted molar refractivity (Wildman–Crippen MR) is 223 cm³/mol. The van der Waals surface area contributed by atoms with Crippen molar-refractivity contribution in [1.29, 1.82) is 0 Å². The summed E-state index contributed by atoms with van der Waals surface area (Å²) in [6.07, 6.45) is 4.58. The summed E-state index contributed by atoms with van der Waals surface area (Å²) in [5, 5.41) is 4.78. The molecule has 2 aliphatic rings. The summed E-state index contributed by atoms with van der Waals surface area (Å²) in [6.45, 7) is 0. The number of hydrogen-bond donors (Lipinski definition) is 0. The predicted octanol–water partition coefficient (Wildman–Crippen LogP) is 13.3. The molecule has 1 heteroatoms. The van der Waals surface area contributed by atoms with Crippen molar-refractivity contribution in [3.63, 3.8) is 0 Å². The highest BCUT2D eigenvalue weighted by molar-refractivity contribution is 6.10. The molecule has 1 unspecified atom stereocenters. The largest absolute Gasteiger partial charge is 0.456 e. The number of hydrogen-bond acceptors (Lipinski definition) is 1. The van der Waals surface area contributed by atoms with E-state index in [9.17, 15) is 0 Å². The Morgan fingerprint density at radius 3 is 1.37 bits per heavy atom. The average Bonchev–Trinajstić information content (AvgIpc) is 3.91. The number of aryl methyl sites for hydroxylation is 2. The second-order valence-electron chi connectivity index (χ2n) is 15.6. The van der Waals surface area contributed by atoms with Gasteiger partial charge in [-0.05, 0) is 110 Å². The highest BCUT2D eigenvalue weighted by atomic mass is 16.3. The van der Waals surface area contributed by atoms with Gasteiger partial charge in [-0.25, -0.2) is 0 Å². The first kappa shape index (κ1) is 31.4. The zero-order valence-electron chi connectivity index (χ0n) is 30.2. The fourth-order valence-electron chi connectivity index (χ4n) is 10.1. The second kappa shape index (κ2) is 12.5. The molecule has 0 N–H and O–H groups in total. The van der Waals surface area contributed by atoms with Crippen LogP contribution >= 0.6 is 0 Å². The molecule has 0 fully saturated rings. The molecule has 1 heterocycles. The Hall–Kier alpha value is -6.18. The van der Waals surface area contributed by atoms with Crippen LogP contribution in [0.25, 0.3) is 32.7 Å². The molecular weight excluding hydrogens is 653 g/mol. The lowest BCUT2D eigenvalue weighted by Crippen LogP contribution is -2.22. The first-order valence-corrected chi connectivity index (χ1v) is 19.5. The van der Waals surface area contributed by atoms with Crippen LogP contribution in [0.2, 0.25) is 0 Å². The molecule has 258 valence electrons. The lowest BCUT2D eigenvalue weighted by Gasteiger charge is -2.29. The maximum atomic E-state index is 6.61. The van der Waals surface area contributed by atoms with Crippen molar-refractivity contribution in [3.8, 4) is 0 Å². The van der Waals surface area contributed by atoms with Gasteiger partial charge in [0.05, 0.1) is 0 Å². The third-order valence-corrected chi connectivity index (χ3v) is 12.7. The summed E-state index contributed by atoms with van der Waals surface area (Å²) in [7, 11) is 0. The molecule has 1 aromatic heterocycles. The molecule has 9 aromatic rings. The average molecular weight is 693 g/mol. The summed E-state index contributed by atoms with van der Waals surface area (Å²) in [4.78, 5) is 0. The summed E-state index contributed by atoms with van der Waals surface area (Å²) < 4.78 is 6.61. The summed E-state index contributed by atoms with van der Waals surface area (Å²) >= 11 is 0. The van der Waals surface area contributed by atoms with Crippen molar-refractivity contribution in [3.05, 3.63) is 238 Å². The first-order chi connectivity index (χ1) is 26.7. The molecule has 2 aliphatic carbocycles. The SMILES string of the molecule is c1ccc(C(c2ccccc2)c2ccc3c(c2)[C@@]2(CC3)CCc3ccc(C(c4ccccc4)c4ccc5c(c4)oc4cc6ccccc6cc45)cc32)cc1. The van der Waals surface area contributed by atoms with Crippen LogP contribution in [-0.4, -0.2) is 0 Å². The van der Waals surface area contributed by atoms with Crippen LogP contribution in [0.1, 0.15) is 80.3 Å². The Morgan fingerprint density at radius 2 is 0.815 bits per heavy atom. The van der Waals surface area contributed by atoms with Crippen LogP contribution < -0.4 is 0 Å². The van der Waals surface area contributed by atoms with Gasteiger partial charge in [0.2, 0.25) is 0 Å². The van der Waals surface area contributed by atoms with Crippen molar-refractivity contribution in [1.82, 2.24) is 0 Å². The van der Waals surface area contributed by atoms with Crippen LogP contribution in [0.15, 0.2) is 186 Å². The van der Waals surface area contributed by atoms with Crippen molar-refractivity contribution in [2.45, 2.75) is 42.9 Å². The molecule has 8 aromatic carbocycles. The van der Waals surface area contributed by atoms with Crippen LogP contribution in [0.4, 0.5) is 0 Å². The minimum Gasteiger partial charge on any atom is -0.456 e. The van der Waals surface area contributed by atoms with E-state index in [0.29, 0.717) is 0 Å². The fraction of sp³-hybridized carbons (Fsp3) is 0.132. The molecule has 54 heavy (non-hydrogen) atoms. The van der Waals surface area contributed by atoms with Gasteiger partial charge in [-0.2, -0.15) is 0 Å². The Bertz CT molecular complexity index is 2790. The smallest absolute Gasteiger partial charge is 0.136 e. The monoisotopic (exact) mass is 692 g/mol. The minimum absolute atomic E-state index is 0.0283. The Morgan fingerprint density at radius 1 is 0.370 bits per heavy atom. The molecule has 1 spiro atoms. The minimum atomic E-state index is 0.0283. The standard InChI is InChI=1S/C53H40O/c1-4-12-37(13-5-1)51(38-14-6-2-7-15-38)42-22-20-35-26-28-53(47(35)31-42)29-27-36-21-23-43(32-48(36)53)52(39-16-8-3-9-17-39)44-24-25-45-46-30-40-18-10-11-19-41(40)33-50(46)54-49(45)34-44/h1-25,30-34,51-52H,26-29H2/t52?,53-/m1/s1. The zero-order chi connectivity index (χ0) is 35.6. The van der Waals surface area contributed by atoms with Gasteiger partial charge in [0.15, 0.2) is 0 Å². The first-order valence-electron chi connectivity index (χ1n) is 19.5. The Labute approximate surface area is 316 Å². The molecular formula is C53H40O. The number of benzene rings is 8. The van der Waals surface area contributed by atoms with E-state index in [4.69, 9.17) is 4.42 Å². The highest BCUT2D eigenvalue weighted by Gasteiger charge is 2.45. The highest BCUT2D eigenvalue weighted by Crippen LogP contribution is 2.54. The van der Waals surface area contributed by atoms with Gasteiger partial charge in [0, 0.05) is 28.0 Å². The molecule has 0 radical (unpaired) electrons. The lowest BCUT2D eigenvalue weighted by atomic mass is 9.73. The van der Waals surface area contributed by atoms with E-state index in [1.807, 2.05) is 0 Å². The van der Waals surface area contributed by atoms with Crippen LogP contribution in [0, 0.1) is 0 Å². The molecule has 0 bridgehead atoms. The molecule has 2 atom stereocenters. The van der Waals surface area contributed by atoms with Gasteiger partial charge in [0.25, 0.3) is 0 Å². The van der Waals surface area contributed by atoms with Gasteiger partial charge in [-0.3, -0.25) is 0 Å². The maximum absolute atomic E-state index is 6.61. The Balaban J connectivity index is 1.04. The zero-order valence-corrected chi connectivity index (χ0v) is 30.2. The maximum Gasteiger partial charge on any atom is 0.136 e. The number of rotatable bonds is 6. The van der Waals surface area contributed by atoms with Crippen molar-refractivity contribution in [2.75, 3.05) is 0 Å². The van der Waals surface area contributed by atoms with Gasteiger partial charge < -0.3 is 4.42 Å². The molecule has 0 saturated carbocycles. The van der Waals surface area contributed by atoms with Crippen molar-refractivity contribution >= 4 is 32.7 Å². The van der Waals surface area contributed by atoms with E-state index in [2.05, 4.69) is 182 Å². The van der Waals surface area contributed by atoms with Gasteiger partial charge in [-0.15, -0.1) is 0 Å². The van der Waals surface area contributed by atoms with Gasteiger partial charge in [0.1, 0.15) is 11.2 Å². The molecule has 0 amide bonds. The van der Waals surface area contributed by atoms with E-state index in [0.717, 1.165) is 24.0 Å². The summed E-state index contributed by atoms with van der Waals surface area (Å²) in [6, 6.07) is 67.9. The number of fused-ring (bicyclic) bond motifs is 8. The van der Waals surface area contributed by atoms with Gasteiger partial charge in [-0.1, -0.05) is 164 Å². The Kier molecular flexibility index (Phi) is 7.24. The number of furan rings is 1. The normalized spacial score (nSPS) is 16.8. The van der Waals surface area contributed by atoms with E-state index < -0.39 is 0 Å². The van der Waals surface area contributed by atoms with Crippen LogP contribution in [0.3, 0.4) is 0 Å². The summed E-state index contributed by atoms with van der Waals surface area (Å²) in [5.74, 6) is 0.273. The lowest BCUT2D eigenvalue weighted by molar-refractivity contribution is 0.506. The van der Waals surface area contributed by atoms with E-state index in [1.165, 1.54) is 84.5 Å². The van der Waals surface area contributed by atoms with Crippen LogP contribution in [-0.2, 0) is 18.3 Å². The van der Waals surface area contributed by atoms with Crippen LogP contribution in [0.5, 0.6) is 0 Å². The van der Waals surface area contributed by atoms with E-state index in [1.54, 1.807) is 5.56 Å². The topological polar surface area (TPSA) is 13.1 Å². The molecule has 11 rings (SSSR count). The molecule has 1 nitrogen and oxygen atoms in total. The van der Waals surface area contributed by atoms with E-state index >= 15 is 0 Å². The second-order valence-corrected chi connectivity index (χ2v) is 15.6. The molecule has 0 aliphatic heterocycles.